The van der Waals surface area contributed by atoms with Crippen LogP contribution in [0.2, 0.25) is 0 Å². The zero-order valence-corrected chi connectivity index (χ0v) is 12.2. The Morgan fingerprint density at radius 3 is 2.72 bits per heavy atom. The molecule has 0 spiro atoms. The van der Waals surface area contributed by atoms with Crippen LogP contribution in [0, 0.1) is 6.92 Å². The molecule has 1 aromatic carbocycles. The van der Waals surface area contributed by atoms with Crippen molar-refractivity contribution in [3.8, 4) is 0 Å². The van der Waals surface area contributed by atoms with Crippen LogP contribution in [0.15, 0.2) is 29.2 Å². The van der Waals surface area contributed by atoms with Crippen LogP contribution in [0.5, 0.6) is 0 Å². The van der Waals surface area contributed by atoms with Crippen molar-refractivity contribution in [1.82, 2.24) is 9.62 Å². The third-order valence-corrected chi connectivity index (χ3v) is 5.05. The van der Waals surface area contributed by atoms with E-state index in [2.05, 4.69) is 5.32 Å². The molecule has 18 heavy (non-hydrogen) atoms. The summed E-state index contributed by atoms with van der Waals surface area (Å²) in [4.78, 5) is 0.395. The number of nitrogens with zero attached hydrogens (tertiary/aromatic N) is 1. The SMILES string of the molecule is Cc1cccc(S(=O)(=O)N2CCNC[C@H]2C)c1.Cl. The number of halogens is 1. The molecular formula is C12H19ClN2O2S. The van der Waals surface area contributed by atoms with E-state index >= 15 is 0 Å². The van der Waals surface area contributed by atoms with E-state index in [1.54, 1.807) is 22.5 Å². The molecule has 1 saturated heterocycles. The molecule has 1 aliphatic rings. The van der Waals surface area contributed by atoms with E-state index < -0.39 is 10.0 Å². The molecule has 0 bridgehead atoms. The minimum absolute atomic E-state index is 0. The quantitative estimate of drug-likeness (QED) is 0.896. The van der Waals surface area contributed by atoms with Crippen molar-refractivity contribution >= 4 is 22.4 Å². The maximum absolute atomic E-state index is 12.4. The molecule has 4 nitrogen and oxygen atoms in total. The molecule has 0 saturated carbocycles. The van der Waals surface area contributed by atoms with Gasteiger partial charge < -0.3 is 5.32 Å². The number of nitrogens with one attached hydrogen (secondary N) is 1. The Morgan fingerprint density at radius 2 is 2.11 bits per heavy atom. The Kier molecular flexibility index (Phi) is 5.16. The maximum atomic E-state index is 12.4. The number of sulfonamides is 1. The first-order valence-electron chi connectivity index (χ1n) is 5.81. The van der Waals surface area contributed by atoms with Gasteiger partial charge in [-0.3, -0.25) is 0 Å². The van der Waals surface area contributed by atoms with Crippen molar-refractivity contribution in [2.24, 2.45) is 0 Å². The minimum atomic E-state index is -3.34. The Morgan fingerprint density at radius 1 is 1.39 bits per heavy atom. The van der Waals surface area contributed by atoms with Gasteiger partial charge in [-0.25, -0.2) is 8.42 Å². The second-order valence-electron chi connectivity index (χ2n) is 4.49. The number of piperazine rings is 1. The second-order valence-corrected chi connectivity index (χ2v) is 6.38. The lowest BCUT2D eigenvalue weighted by molar-refractivity contribution is 0.284. The first-order chi connectivity index (χ1) is 8.01. The monoisotopic (exact) mass is 290 g/mol. The molecule has 0 amide bonds. The van der Waals surface area contributed by atoms with Crippen LogP contribution in [0.3, 0.4) is 0 Å². The standard InChI is InChI=1S/C12H18N2O2S.ClH/c1-10-4-3-5-12(8-10)17(15,16)14-7-6-13-9-11(14)2;/h3-5,8,11,13H,6-7,9H2,1-2H3;1H/t11-;/m1./s1. The molecule has 0 radical (unpaired) electrons. The van der Waals surface area contributed by atoms with Crippen LogP contribution in [0.1, 0.15) is 12.5 Å². The fourth-order valence-electron chi connectivity index (χ4n) is 2.09. The van der Waals surface area contributed by atoms with Crippen molar-refractivity contribution in [3.05, 3.63) is 29.8 Å². The lowest BCUT2D eigenvalue weighted by atomic mass is 10.2. The summed E-state index contributed by atoms with van der Waals surface area (Å²) >= 11 is 0. The number of aryl methyl sites for hydroxylation is 1. The molecule has 1 heterocycles. The summed E-state index contributed by atoms with van der Waals surface area (Å²) in [5, 5.41) is 3.19. The first-order valence-corrected chi connectivity index (χ1v) is 7.25. The van der Waals surface area contributed by atoms with Crippen LogP contribution in [0.25, 0.3) is 0 Å². The highest BCUT2D eigenvalue weighted by Crippen LogP contribution is 2.19. The van der Waals surface area contributed by atoms with Crippen LogP contribution in [0.4, 0.5) is 0 Å². The summed E-state index contributed by atoms with van der Waals surface area (Å²) < 4.78 is 26.5. The summed E-state index contributed by atoms with van der Waals surface area (Å²) in [6.07, 6.45) is 0. The molecule has 6 heteroatoms. The number of hydrogen-bond acceptors (Lipinski definition) is 3. The molecule has 1 aliphatic heterocycles. The van der Waals surface area contributed by atoms with Gasteiger partial charge in [-0.05, 0) is 31.5 Å². The van der Waals surface area contributed by atoms with Crippen molar-refractivity contribution in [3.63, 3.8) is 0 Å². The van der Waals surface area contributed by atoms with Crippen molar-refractivity contribution < 1.29 is 8.42 Å². The van der Waals surface area contributed by atoms with E-state index in [1.807, 2.05) is 19.9 Å². The van der Waals surface area contributed by atoms with Crippen molar-refractivity contribution in [1.29, 1.82) is 0 Å². The zero-order valence-electron chi connectivity index (χ0n) is 10.6. The third-order valence-electron chi connectivity index (χ3n) is 3.04. The first kappa shape index (κ1) is 15.4. The van der Waals surface area contributed by atoms with Gasteiger partial charge in [0.25, 0.3) is 0 Å². The normalized spacial score (nSPS) is 21.3. The summed E-state index contributed by atoms with van der Waals surface area (Å²) in [6, 6.07) is 7.09. The molecular weight excluding hydrogens is 272 g/mol. The molecule has 0 aromatic heterocycles. The maximum Gasteiger partial charge on any atom is 0.243 e. The van der Waals surface area contributed by atoms with Gasteiger partial charge in [-0.15, -0.1) is 12.4 Å². The third kappa shape index (κ3) is 3.03. The highest BCUT2D eigenvalue weighted by atomic mass is 35.5. The fourth-order valence-corrected chi connectivity index (χ4v) is 3.83. The fraction of sp³-hybridized carbons (Fsp3) is 0.500. The van der Waals surface area contributed by atoms with Gasteiger partial charge in [0.15, 0.2) is 0 Å². The Bertz CT molecular complexity index is 505. The van der Waals surface area contributed by atoms with Crippen LogP contribution < -0.4 is 5.32 Å². The van der Waals surface area contributed by atoms with E-state index in [4.69, 9.17) is 0 Å². The summed E-state index contributed by atoms with van der Waals surface area (Å²) in [5.41, 5.74) is 0.967. The largest absolute Gasteiger partial charge is 0.314 e. The summed E-state index contributed by atoms with van der Waals surface area (Å²) in [5.74, 6) is 0. The van der Waals surface area contributed by atoms with E-state index in [-0.39, 0.29) is 18.4 Å². The molecule has 0 aliphatic carbocycles. The van der Waals surface area contributed by atoms with Crippen LogP contribution >= 0.6 is 12.4 Å². The Labute approximate surface area is 115 Å². The second kappa shape index (κ2) is 6.02. The topological polar surface area (TPSA) is 49.4 Å². The molecule has 1 atom stereocenters. The van der Waals surface area contributed by atoms with Gasteiger partial charge in [0.05, 0.1) is 4.90 Å². The Balaban J connectivity index is 0.00000162. The van der Waals surface area contributed by atoms with Gasteiger partial charge >= 0.3 is 0 Å². The molecule has 102 valence electrons. The van der Waals surface area contributed by atoms with Crippen molar-refractivity contribution in [2.75, 3.05) is 19.6 Å². The molecule has 1 N–H and O–H groups in total. The number of benzene rings is 1. The molecule has 2 rings (SSSR count). The van der Waals surface area contributed by atoms with E-state index in [0.29, 0.717) is 18.0 Å². The highest BCUT2D eigenvalue weighted by molar-refractivity contribution is 7.89. The zero-order chi connectivity index (χ0) is 12.5. The van der Waals surface area contributed by atoms with E-state index in [0.717, 1.165) is 12.1 Å². The number of rotatable bonds is 2. The highest BCUT2D eigenvalue weighted by Gasteiger charge is 2.30. The molecule has 0 unspecified atom stereocenters. The minimum Gasteiger partial charge on any atom is -0.314 e. The Hall–Kier alpha value is -0.620. The smallest absolute Gasteiger partial charge is 0.243 e. The van der Waals surface area contributed by atoms with Gasteiger partial charge in [0, 0.05) is 25.7 Å². The van der Waals surface area contributed by atoms with Gasteiger partial charge in [0.1, 0.15) is 0 Å². The van der Waals surface area contributed by atoms with Crippen LogP contribution in [-0.2, 0) is 10.0 Å². The molecule has 1 aromatic rings. The van der Waals surface area contributed by atoms with Crippen molar-refractivity contribution in [2.45, 2.75) is 24.8 Å². The van der Waals surface area contributed by atoms with E-state index in [1.165, 1.54) is 0 Å². The lowest BCUT2D eigenvalue weighted by Crippen LogP contribution is -2.52. The summed E-state index contributed by atoms with van der Waals surface area (Å²) in [6.45, 7) is 5.80. The summed E-state index contributed by atoms with van der Waals surface area (Å²) in [7, 11) is -3.34. The van der Waals surface area contributed by atoms with Crippen LogP contribution in [-0.4, -0.2) is 38.4 Å². The predicted octanol–water partition coefficient (Wildman–Crippen LogP) is 1.40. The lowest BCUT2D eigenvalue weighted by Gasteiger charge is -2.32. The average Bonchev–Trinajstić information content (AvgIpc) is 2.29. The van der Waals surface area contributed by atoms with Gasteiger partial charge in [-0.1, -0.05) is 12.1 Å². The van der Waals surface area contributed by atoms with Gasteiger partial charge in [-0.2, -0.15) is 4.31 Å². The van der Waals surface area contributed by atoms with Gasteiger partial charge in [0.2, 0.25) is 10.0 Å². The molecule has 1 fully saturated rings. The number of hydrogen-bond donors (Lipinski definition) is 1. The van der Waals surface area contributed by atoms with E-state index in [9.17, 15) is 8.42 Å². The average molecular weight is 291 g/mol. The predicted molar refractivity (Wildman–Crippen MR) is 74.7 cm³/mol.